The second kappa shape index (κ2) is 13.6. The van der Waals surface area contributed by atoms with Crippen LogP contribution in [0.5, 0.6) is 0 Å². The molecule has 0 aliphatic carbocycles. The third-order valence-corrected chi connectivity index (χ3v) is 11.1. The zero-order valence-electron chi connectivity index (χ0n) is 30.9. The molecule has 3 heteroatoms. The lowest BCUT2D eigenvalue weighted by Crippen LogP contribution is -1.96. The van der Waals surface area contributed by atoms with E-state index in [1.807, 2.05) is 12.1 Å². The van der Waals surface area contributed by atoms with Crippen LogP contribution in [-0.4, -0.2) is 9.97 Å². The molecule has 0 saturated heterocycles. The lowest BCUT2D eigenvalue weighted by molar-refractivity contribution is 0.673. The Kier molecular flexibility index (Phi) is 7.82. The summed E-state index contributed by atoms with van der Waals surface area (Å²) in [6, 6.07) is 72.7. The van der Waals surface area contributed by atoms with Crippen molar-refractivity contribution >= 4 is 43.5 Å². The molecule has 0 aliphatic heterocycles. The Labute approximate surface area is 330 Å². The van der Waals surface area contributed by atoms with Gasteiger partial charge in [-0.25, -0.2) is 9.97 Å². The highest BCUT2D eigenvalue weighted by molar-refractivity contribution is 6.21. The fraction of sp³-hybridized carbons (Fsp3) is 0. The van der Waals surface area contributed by atoms with Gasteiger partial charge >= 0.3 is 0 Å². The number of hydrogen-bond acceptors (Lipinski definition) is 3. The maximum atomic E-state index is 6.88. The van der Waals surface area contributed by atoms with Crippen molar-refractivity contribution in [3.63, 3.8) is 0 Å². The van der Waals surface area contributed by atoms with E-state index in [0.29, 0.717) is 5.82 Å². The van der Waals surface area contributed by atoms with Crippen molar-refractivity contribution in [2.75, 3.05) is 0 Å². The van der Waals surface area contributed by atoms with Crippen LogP contribution in [0.25, 0.3) is 111 Å². The second-order valence-corrected chi connectivity index (χ2v) is 14.6. The van der Waals surface area contributed by atoms with Gasteiger partial charge in [0, 0.05) is 32.8 Å². The van der Waals surface area contributed by atoms with Crippen LogP contribution in [-0.2, 0) is 0 Å². The Morgan fingerprint density at radius 2 is 0.842 bits per heavy atom. The third kappa shape index (κ3) is 5.94. The van der Waals surface area contributed by atoms with Crippen LogP contribution in [0.15, 0.2) is 211 Å². The topological polar surface area (TPSA) is 38.9 Å². The zero-order valence-corrected chi connectivity index (χ0v) is 30.9. The van der Waals surface area contributed by atoms with E-state index in [9.17, 15) is 0 Å². The standard InChI is InChI=1S/C54H34N2O/c1-3-12-35(13-4-1)37-22-25-39(26-23-37)50-34-49(38-15-5-2-6-16-38)55-54(56-50)48-32-45-18-9-10-21-46(45)53-52(48)47-29-28-44(33-51(47)57-53)42-20-11-19-41(31-42)43-27-24-36-14-7-8-17-40(36)30-43/h1-34H. The van der Waals surface area contributed by atoms with E-state index < -0.39 is 0 Å². The molecule has 11 aromatic rings. The van der Waals surface area contributed by atoms with Gasteiger partial charge in [0.25, 0.3) is 0 Å². The Morgan fingerprint density at radius 3 is 1.60 bits per heavy atom. The third-order valence-electron chi connectivity index (χ3n) is 11.1. The van der Waals surface area contributed by atoms with Gasteiger partial charge in [-0.3, -0.25) is 0 Å². The summed E-state index contributed by atoms with van der Waals surface area (Å²) in [5.41, 5.74) is 13.3. The van der Waals surface area contributed by atoms with Gasteiger partial charge in [0.1, 0.15) is 11.2 Å². The minimum atomic E-state index is 0.657. The average Bonchev–Trinajstić information content (AvgIpc) is 3.68. The van der Waals surface area contributed by atoms with Crippen molar-refractivity contribution in [1.29, 1.82) is 0 Å². The molecular weight excluding hydrogens is 693 g/mol. The first-order chi connectivity index (χ1) is 28.2. The highest BCUT2D eigenvalue weighted by Crippen LogP contribution is 2.42. The Morgan fingerprint density at radius 1 is 0.316 bits per heavy atom. The first-order valence-electron chi connectivity index (χ1n) is 19.3. The molecule has 0 saturated carbocycles. The van der Waals surface area contributed by atoms with E-state index in [2.05, 4.69) is 194 Å². The van der Waals surface area contributed by atoms with E-state index in [-0.39, 0.29) is 0 Å². The Bertz CT molecular complexity index is 3270. The average molecular weight is 727 g/mol. The van der Waals surface area contributed by atoms with Crippen LogP contribution in [0.2, 0.25) is 0 Å². The van der Waals surface area contributed by atoms with Gasteiger partial charge in [-0.2, -0.15) is 0 Å². The smallest absolute Gasteiger partial charge is 0.161 e. The summed E-state index contributed by atoms with van der Waals surface area (Å²) in [5, 5.41) is 6.65. The number of aromatic nitrogens is 2. The molecule has 9 aromatic carbocycles. The highest BCUT2D eigenvalue weighted by atomic mass is 16.3. The lowest BCUT2D eigenvalue weighted by atomic mass is 9.96. The number of furan rings is 1. The van der Waals surface area contributed by atoms with Crippen molar-refractivity contribution in [2.24, 2.45) is 0 Å². The normalized spacial score (nSPS) is 11.5. The molecule has 57 heavy (non-hydrogen) atoms. The first-order valence-corrected chi connectivity index (χ1v) is 19.3. The summed E-state index contributed by atoms with van der Waals surface area (Å²) in [6.45, 7) is 0. The number of benzene rings is 9. The molecule has 0 radical (unpaired) electrons. The van der Waals surface area contributed by atoms with E-state index in [4.69, 9.17) is 14.4 Å². The van der Waals surface area contributed by atoms with Crippen molar-refractivity contribution in [1.82, 2.24) is 9.97 Å². The summed E-state index contributed by atoms with van der Waals surface area (Å²) in [7, 11) is 0. The van der Waals surface area contributed by atoms with Crippen molar-refractivity contribution in [3.05, 3.63) is 206 Å². The van der Waals surface area contributed by atoms with Crippen molar-refractivity contribution in [3.8, 4) is 67.3 Å². The monoisotopic (exact) mass is 726 g/mol. The molecule has 266 valence electrons. The molecule has 0 N–H and O–H groups in total. The molecule has 0 fully saturated rings. The SMILES string of the molecule is c1ccc(-c2ccc(-c3cc(-c4ccccc4)nc(-c4cc5ccccc5c5oc6cc(-c7cccc(-c8ccc9ccccc9c8)c7)ccc6c45)n3)cc2)cc1. The maximum absolute atomic E-state index is 6.88. The van der Waals surface area contributed by atoms with E-state index >= 15 is 0 Å². The molecule has 0 aliphatic rings. The molecule has 0 atom stereocenters. The molecule has 0 amide bonds. The Balaban J connectivity index is 1.07. The van der Waals surface area contributed by atoms with E-state index in [1.165, 1.54) is 27.5 Å². The van der Waals surface area contributed by atoms with Gasteiger partial charge in [-0.15, -0.1) is 0 Å². The summed E-state index contributed by atoms with van der Waals surface area (Å²) >= 11 is 0. The molecule has 3 nitrogen and oxygen atoms in total. The number of hydrogen-bond donors (Lipinski definition) is 0. The summed E-state index contributed by atoms with van der Waals surface area (Å²) in [4.78, 5) is 10.6. The molecule has 2 aromatic heterocycles. The van der Waals surface area contributed by atoms with Crippen molar-refractivity contribution < 1.29 is 4.42 Å². The predicted octanol–water partition coefficient (Wildman–Crippen LogP) is 14.7. The number of fused-ring (bicyclic) bond motifs is 6. The number of nitrogens with zero attached hydrogens (tertiary/aromatic N) is 2. The molecule has 2 heterocycles. The maximum Gasteiger partial charge on any atom is 0.161 e. The fourth-order valence-electron chi connectivity index (χ4n) is 8.15. The van der Waals surface area contributed by atoms with Gasteiger partial charge in [-0.1, -0.05) is 170 Å². The fourth-order valence-corrected chi connectivity index (χ4v) is 8.15. The highest BCUT2D eigenvalue weighted by Gasteiger charge is 2.20. The van der Waals surface area contributed by atoms with Crippen LogP contribution in [0, 0.1) is 0 Å². The predicted molar refractivity (Wildman–Crippen MR) is 237 cm³/mol. The molecule has 0 unspecified atom stereocenters. The van der Waals surface area contributed by atoms with Gasteiger partial charge < -0.3 is 4.42 Å². The van der Waals surface area contributed by atoms with Crippen molar-refractivity contribution in [2.45, 2.75) is 0 Å². The van der Waals surface area contributed by atoms with Crippen LogP contribution in [0.4, 0.5) is 0 Å². The minimum absolute atomic E-state index is 0.657. The zero-order chi connectivity index (χ0) is 37.7. The molecule has 0 spiro atoms. The van der Waals surface area contributed by atoms with Gasteiger partial charge in [0.2, 0.25) is 0 Å². The minimum Gasteiger partial charge on any atom is -0.455 e. The quantitative estimate of drug-likeness (QED) is 0.171. The van der Waals surface area contributed by atoms with Crippen LogP contribution in [0.1, 0.15) is 0 Å². The molecular formula is C54H34N2O. The first kappa shape index (κ1) is 32.8. The van der Waals surface area contributed by atoms with Crippen LogP contribution < -0.4 is 0 Å². The summed E-state index contributed by atoms with van der Waals surface area (Å²) < 4.78 is 6.88. The summed E-state index contributed by atoms with van der Waals surface area (Å²) in [6.07, 6.45) is 0. The van der Waals surface area contributed by atoms with E-state index in [1.54, 1.807) is 0 Å². The van der Waals surface area contributed by atoms with Gasteiger partial charge in [0.05, 0.1) is 11.4 Å². The number of rotatable bonds is 6. The van der Waals surface area contributed by atoms with E-state index in [0.717, 1.165) is 77.5 Å². The molecule has 0 bridgehead atoms. The largest absolute Gasteiger partial charge is 0.455 e. The van der Waals surface area contributed by atoms with Gasteiger partial charge in [0.15, 0.2) is 5.82 Å². The van der Waals surface area contributed by atoms with Crippen LogP contribution >= 0.6 is 0 Å². The summed E-state index contributed by atoms with van der Waals surface area (Å²) in [5.74, 6) is 0.657. The Hall–Kier alpha value is -7.62. The van der Waals surface area contributed by atoms with Gasteiger partial charge in [-0.05, 0) is 85.9 Å². The lowest BCUT2D eigenvalue weighted by Gasteiger charge is -2.12. The van der Waals surface area contributed by atoms with Crippen LogP contribution in [0.3, 0.4) is 0 Å². The second-order valence-electron chi connectivity index (χ2n) is 14.6. The molecule has 11 rings (SSSR count).